The number of ether oxygens (including phenoxy) is 1. The van der Waals surface area contributed by atoms with Crippen molar-refractivity contribution in [1.82, 2.24) is 0 Å². The standard InChI is InChI=1S/C17H34O2S2Si/c1-15(2,3)22(5,6)19-17-10-7-16(8-11-17,9-12-17)13-18-14(20)21-4/h7-13,21H2,1-6H3. The van der Waals surface area contributed by atoms with Crippen LogP contribution in [0.2, 0.25) is 18.1 Å². The maximum atomic E-state index is 6.88. The number of rotatable bonds is 4. The third-order valence-electron chi connectivity index (χ3n) is 6.32. The highest BCUT2D eigenvalue weighted by atomic mass is 32.2. The number of hydrogen-bond donors (Lipinski definition) is 0. The molecule has 0 aromatic heterocycles. The Balaban J connectivity index is 1.97. The molecular weight excluding hydrogens is 328 g/mol. The molecule has 130 valence electrons. The minimum atomic E-state index is -1.68. The summed E-state index contributed by atoms with van der Waals surface area (Å²) < 4.78 is 13.5. The summed E-state index contributed by atoms with van der Waals surface area (Å²) in [7, 11) is -1.68. The molecule has 2 nitrogen and oxygen atoms in total. The fraction of sp³-hybridized carbons (Fsp3) is 0.941. The monoisotopic (exact) mass is 362 g/mol. The molecule has 0 heterocycles. The van der Waals surface area contributed by atoms with Gasteiger partial charge < -0.3 is 9.16 Å². The third-order valence-corrected chi connectivity index (χ3v) is 12.2. The second-order valence-corrected chi connectivity index (χ2v) is 15.3. The van der Waals surface area contributed by atoms with Gasteiger partial charge in [-0.1, -0.05) is 20.8 Å². The molecule has 3 aliphatic carbocycles. The first kappa shape index (κ1) is 18.8. The van der Waals surface area contributed by atoms with Crippen molar-refractivity contribution >= 4 is 36.7 Å². The summed E-state index contributed by atoms with van der Waals surface area (Å²) in [5.41, 5.74) is 0.542. The van der Waals surface area contributed by atoms with Gasteiger partial charge in [-0.15, -0.1) is 0 Å². The molecule has 0 aliphatic heterocycles. The average Bonchev–Trinajstić information content (AvgIpc) is 2.45. The molecule has 0 aromatic carbocycles. The summed E-state index contributed by atoms with van der Waals surface area (Å²) in [5, 5.41) is 0.297. The van der Waals surface area contributed by atoms with E-state index in [0.29, 0.717) is 22.2 Å². The SMILES string of the molecule is C[SH2]C(=S)OCC12CCC(O[Si](C)(C)C(C)(C)C)(CC1)CC2. The van der Waals surface area contributed by atoms with Crippen LogP contribution in [-0.4, -0.2) is 31.2 Å². The molecule has 0 amide bonds. The Hall–Kier alpha value is 0.417. The fourth-order valence-electron chi connectivity index (χ4n) is 3.58. The maximum Gasteiger partial charge on any atom is 0.196 e. The van der Waals surface area contributed by atoms with Crippen LogP contribution in [0, 0.1) is 5.41 Å². The lowest BCUT2D eigenvalue weighted by atomic mass is 9.59. The molecule has 0 unspecified atom stereocenters. The van der Waals surface area contributed by atoms with Crippen LogP contribution < -0.4 is 0 Å². The van der Waals surface area contributed by atoms with Crippen LogP contribution in [-0.2, 0) is 9.16 Å². The molecule has 3 aliphatic rings. The average molecular weight is 363 g/mol. The number of fused-ring (bicyclic) bond motifs is 3. The van der Waals surface area contributed by atoms with Crippen molar-refractivity contribution in [3.05, 3.63) is 0 Å². The van der Waals surface area contributed by atoms with E-state index in [2.05, 4.69) is 40.1 Å². The minimum Gasteiger partial charge on any atom is -0.479 e. The molecule has 0 atom stereocenters. The third kappa shape index (κ3) is 3.90. The van der Waals surface area contributed by atoms with Crippen LogP contribution in [0.25, 0.3) is 0 Å². The Morgan fingerprint density at radius 1 is 1.09 bits per heavy atom. The Kier molecular flexibility index (Phi) is 5.44. The summed E-state index contributed by atoms with van der Waals surface area (Å²) in [4.78, 5) is 0. The predicted octanol–water partition coefficient (Wildman–Crippen LogP) is 5.23. The van der Waals surface area contributed by atoms with Gasteiger partial charge >= 0.3 is 0 Å². The molecule has 0 aromatic rings. The molecule has 5 heteroatoms. The van der Waals surface area contributed by atoms with Gasteiger partial charge in [0.25, 0.3) is 0 Å². The molecule has 3 rings (SSSR count). The molecule has 3 fully saturated rings. The van der Waals surface area contributed by atoms with Crippen molar-refractivity contribution in [1.29, 1.82) is 0 Å². The van der Waals surface area contributed by atoms with E-state index in [9.17, 15) is 0 Å². The highest BCUT2D eigenvalue weighted by Crippen LogP contribution is 2.56. The summed E-state index contributed by atoms with van der Waals surface area (Å²) in [6.07, 6.45) is 9.48. The van der Waals surface area contributed by atoms with Crippen molar-refractivity contribution < 1.29 is 9.16 Å². The lowest BCUT2D eigenvalue weighted by molar-refractivity contribution is -0.0952. The van der Waals surface area contributed by atoms with Gasteiger partial charge in [0.1, 0.15) is 0 Å². The quantitative estimate of drug-likeness (QED) is 0.504. The summed E-state index contributed by atoms with van der Waals surface area (Å²) >= 11 is 5.86. The molecule has 0 radical (unpaired) electrons. The van der Waals surface area contributed by atoms with Crippen molar-refractivity contribution in [3.63, 3.8) is 0 Å². The topological polar surface area (TPSA) is 18.5 Å². The van der Waals surface area contributed by atoms with E-state index in [1.807, 2.05) is 0 Å². The van der Waals surface area contributed by atoms with Gasteiger partial charge in [-0.2, -0.15) is 11.8 Å². The van der Waals surface area contributed by atoms with Crippen molar-refractivity contribution in [2.75, 3.05) is 12.9 Å². The van der Waals surface area contributed by atoms with Crippen LogP contribution in [0.3, 0.4) is 0 Å². The molecule has 0 spiro atoms. The first-order valence-corrected chi connectivity index (χ1v) is 13.4. The highest BCUT2D eigenvalue weighted by Gasteiger charge is 2.53. The van der Waals surface area contributed by atoms with Gasteiger partial charge in [-0.25, -0.2) is 0 Å². The zero-order valence-corrected chi connectivity index (χ0v) is 18.0. The van der Waals surface area contributed by atoms with E-state index in [-0.39, 0.29) is 5.60 Å². The van der Waals surface area contributed by atoms with Gasteiger partial charge in [0.15, 0.2) is 12.7 Å². The molecular formula is C17H34O2S2Si. The predicted molar refractivity (Wildman–Crippen MR) is 106 cm³/mol. The van der Waals surface area contributed by atoms with E-state index in [1.165, 1.54) is 38.5 Å². The zero-order valence-electron chi connectivity index (χ0n) is 15.2. The summed E-state index contributed by atoms with van der Waals surface area (Å²) in [6.45, 7) is 12.6. The minimum absolute atomic E-state index is 0.164. The fourth-order valence-corrected chi connectivity index (χ4v) is 5.55. The largest absolute Gasteiger partial charge is 0.479 e. The van der Waals surface area contributed by atoms with Gasteiger partial charge in [0.2, 0.25) is 0 Å². The van der Waals surface area contributed by atoms with Crippen molar-refractivity contribution in [2.24, 2.45) is 5.41 Å². The van der Waals surface area contributed by atoms with E-state index < -0.39 is 8.32 Å². The Bertz CT molecular complexity index is 404. The summed E-state index contributed by atoms with van der Waals surface area (Å²) in [6, 6.07) is 0. The Labute approximate surface area is 147 Å². The van der Waals surface area contributed by atoms with Gasteiger partial charge in [0, 0.05) is 5.41 Å². The summed E-state index contributed by atoms with van der Waals surface area (Å²) in [5.74, 6) is 0. The van der Waals surface area contributed by atoms with E-state index in [0.717, 1.165) is 11.0 Å². The van der Waals surface area contributed by atoms with Gasteiger partial charge in [-0.05, 0) is 75.1 Å². The van der Waals surface area contributed by atoms with Crippen LogP contribution in [0.5, 0.6) is 0 Å². The molecule has 3 saturated carbocycles. The van der Waals surface area contributed by atoms with Gasteiger partial charge in [-0.3, -0.25) is 0 Å². The molecule has 22 heavy (non-hydrogen) atoms. The van der Waals surface area contributed by atoms with Crippen molar-refractivity contribution in [3.8, 4) is 0 Å². The van der Waals surface area contributed by atoms with Crippen LogP contribution >= 0.6 is 24.0 Å². The first-order valence-electron chi connectivity index (χ1n) is 8.58. The van der Waals surface area contributed by atoms with Crippen LogP contribution in [0.1, 0.15) is 59.3 Å². The van der Waals surface area contributed by atoms with E-state index in [1.54, 1.807) is 0 Å². The molecule has 0 saturated heterocycles. The second-order valence-electron chi connectivity index (χ2n) is 8.87. The van der Waals surface area contributed by atoms with E-state index in [4.69, 9.17) is 21.4 Å². The second kappa shape index (κ2) is 6.38. The lowest BCUT2D eigenvalue weighted by Crippen LogP contribution is -2.56. The smallest absolute Gasteiger partial charge is 0.196 e. The van der Waals surface area contributed by atoms with E-state index >= 15 is 0 Å². The van der Waals surface area contributed by atoms with Gasteiger partial charge in [0.05, 0.1) is 12.2 Å². The lowest BCUT2D eigenvalue weighted by Gasteiger charge is -2.56. The zero-order chi connectivity index (χ0) is 16.6. The molecule has 0 N–H and O–H groups in total. The maximum absolute atomic E-state index is 6.88. The van der Waals surface area contributed by atoms with Crippen LogP contribution in [0.15, 0.2) is 0 Å². The highest BCUT2D eigenvalue weighted by molar-refractivity contribution is 8.22. The Morgan fingerprint density at radius 2 is 1.59 bits per heavy atom. The van der Waals surface area contributed by atoms with Crippen LogP contribution in [0.4, 0.5) is 0 Å². The first-order chi connectivity index (χ1) is 10.0. The number of hydrogen-bond acceptors (Lipinski definition) is 3. The van der Waals surface area contributed by atoms with Crippen molar-refractivity contribution in [2.45, 2.75) is 83.0 Å². The normalized spacial score (nSPS) is 33.0. The number of thiocarbonyl (C=S) groups is 1. The Morgan fingerprint density at radius 3 is 2.00 bits per heavy atom. The molecule has 2 bridgehead atoms.